The van der Waals surface area contributed by atoms with Crippen LogP contribution in [0.2, 0.25) is 5.02 Å². The molecule has 4 rings (SSSR count). The van der Waals surface area contributed by atoms with Gasteiger partial charge >= 0.3 is 0 Å². The zero-order valence-corrected chi connectivity index (χ0v) is 16.3. The van der Waals surface area contributed by atoms with Gasteiger partial charge in [-0.2, -0.15) is 0 Å². The lowest BCUT2D eigenvalue weighted by Gasteiger charge is -2.45. The highest BCUT2D eigenvalue weighted by Crippen LogP contribution is 2.34. The van der Waals surface area contributed by atoms with Crippen molar-refractivity contribution in [2.24, 2.45) is 5.92 Å². The maximum atomic E-state index is 12.4. The molecule has 1 aliphatic heterocycles. The summed E-state index contributed by atoms with van der Waals surface area (Å²) in [6, 6.07) is 28.6. The second-order valence-electron chi connectivity index (χ2n) is 7.23. The SMILES string of the molecule is O=C(NCC1CN(C(c2ccccc2)c2ccccc2)C1)c1ccccc1Cl. The number of carbonyl (C=O) groups excluding carboxylic acids is 1. The van der Waals surface area contributed by atoms with Crippen molar-refractivity contribution < 1.29 is 4.79 Å². The van der Waals surface area contributed by atoms with E-state index in [9.17, 15) is 4.79 Å². The smallest absolute Gasteiger partial charge is 0.252 e. The first kappa shape index (κ1) is 18.7. The number of halogens is 1. The van der Waals surface area contributed by atoms with Gasteiger partial charge in [0, 0.05) is 25.6 Å². The lowest BCUT2D eigenvalue weighted by Crippen LogP contribution is -2.52. The van der Waals surface area contributed by atoms with Gasteiger partial charge in [0.05, 0.1) is 16.6 Å². The van der Waals surface area contributed by atoms with Gasteiger partial charge in [-0.05, 0) is 23.3 Å². The van der Waals surface area contributed by atoms with Gasteiger partial charge < -0.3 is 5.32 Å². The Kier molecular flexibility index (Phi) is 5.75. The van der Waals surface area contributed by atoms with Crippen LogP contribution in [0.25, 0.3) is 0 Å². The third-order valence-corrected chi connectivity index (χ3v) is 5.58. The minimum absolute atomic E-state index is 0.105. The molecule has 28 heavy (non-hydrogen) atoms. The van der Waals surface area contributed by atoms with Crippen molar-refractivity contribution in [2.75, 3.05) is 19.6 Å². The van der Waals surface area contributed by atoms with E-state index in [-0.39, 0.29) is 11.9 Å². The molecule has 3 aromatic carbocycles. The third kappa shape index (κ3) is 4.11. The molecule has 0 saturated carbocycles. The molecule has 0 atom stereocenters. The molecule has 142 valence electrons. The molecule has 3 aromatic rings. The fraction of sp³-hybridized carbons (Fsp3) is 0.208. The zero-order chi connectivity index (χ0) is 19.3. The maximum Gasteiger partial charge on any atom is 0.252 e. The molecule has 0 aromatic heterocycles. The van der Waals surface area contributed by atoms with E-state index in [2.05, 4.69) is 70.9 Å². The van der Waals surface area contributed by atoms with E-state index in [0.29, 0.717) is 23.0 Å². The summed E-state index contributed by atoms with van der Waals surface area (Å²) in [6.07, 6.45) is 0. The van der Waals surface area contributed by atoms with E-state index in [1.807, 2.05) is 12.1 Å². The Hall–Kier alpha value is -2.62. The number of amides is 1. The monoisotopic (exact) mass is 390 g/mol. The Morgan fingerprint density at radius 3 is 2.00 bits per heavy atom. The molecule has 1 amide bonds. The fourth-order valence-electron chi connectivity index (χ4n) is 3.81. The van der Waals surface area contributed by atoms with Gasteiger partial charge in [0.2, 0.25) is 0 Å². The molecule has 1 heterocycles. The molecule has 1 fully saturated rings. The van der Waals surface area contributed by atoms with Gasteiger partial charge in [0.15, 0.2) is 0 Å². The first-order valence-electron chi connectivity index (χ1n) is 9.59. The van der Waals surface area contributed by atoms with Crippen molar-refractivity contribution >= 4 is 17.5 Å². The van der Waals surface area contributed by atoms with E-state index in [4.69, 9.17) is 11.6 Å². The summed E-state index contributed by atoms with van der Waals surface area (Å²) in [5.74, 6) is 0.341. The third-order valence-electron chi connectivity index (χ3n) is 5.25. The summed E-state index contributed by atoms with van der Waals surface area (Å²) >= 11 is 6.11. The number of rotatable bonds is 6. The second-order valence-corrected chi connectivity index (χ2v) is 7.64. The van der Waals surface area contributed by atoms with Crippen LogP contribution in [-0.4, -0.2) is 30.4 Å². The van der Waals surface area contributed by atoms with E-state index in [1.54, 1.807) is 12.1 Å². The van der Waals surface area contributed by atoms with Crippen LogP contribution < -0.4 is 5.32 Å². The summed E-state index contributed by atoms with van der Waals surface area (Å²) in [5, 5.41) is 3.52. The summed E-state index contributed by atoms with van der Waals surface area (Å²) in [4.78, 5) is 14.8. The van der Waals surface area contributed by atoms with Gasteiger partial charge in [-0.25, -0.2) is 0 Å². The molecular weight excluding hydrogens is 368 g/mol. The van der Waals surface area contributed by atoms with Gasteiger partial charge in [-0.15, -0.1) is 0 Å². The molecule has 3 nitrogen and oxygen atoms in total. The van der Waals surface area contributed by atoms with Crippen molar-refractivity contribution in [3.8, 4) is 0 Å². The standard InChI is InChI=1S/C24H23ClN2O/c25-22-14-8-7-13-21(22)24(28)26-15-18-16-27(17-18)23(19-9-3-1-4-10-19)20-11-5-2-6-12-20/h1-14,18,23H,15-17H2,(H,26,28). The summed E-state index contributed by atoms with van der Waals surface area (Å²) in [5.41, 5.74) is 3.13. The Morgan fingerprint density at radius 2 is 1.43 bits per heavy atom. The highest BCUT2D eigenvalue weighted by Gasteiger charge is 2.34. The normalized spacial score (nSPS) is 14.6. The van der Waals surface area contributed by atoms with Crippen molar-refractivity contribution in [3.05, 3.63) is 107 Å². The largest absolute Gasteiger partial charge is 0.352 e. The first-order valence-corrected chi connectivity index (χ1v) is 9.97. The molecule has 0 radical (unpaired) electrons. The molecular formula is C24H23ClN2O. The minimum Gasteiger partial charge on any atom is -0.352 e. The lowest BCUT2D eigenvalue weighted by molar-refractivity contribution is 0.0645. The van der Waals surface area contributed by atoms with Crippen LogP contribution in [0.15, 0.2) is 84.9 Å². The van der Waals surface area contributed by atoms with Crippen molar-refractivity contribution in [1.82, 2.24) is 10.2 Å². The molecule has 0 spiro atoms. The Bertz CT molecular complexity index is 884. The van der Waals surface area contributed by atoms with Crippen molar-refractivity contribution in [1.29, 1.82) is 0 Å². The summed E-state index contributed by atoms with van der Waals surface area (Å²) < 4.78 is 0. The fourth-order valence-corrected chi connectivity index (χ4v) is 4.03. The van der Waals surface area contributed by atoms with Crippen LogP contribution in [0, 0.1) is 5.92 Å². The number of benzene rings is 3. The molecule has 1 N–H and O–H groups in total. The molecule has 1 aliphatic rings. The number of nitrogens with zero attached hydrogens (tertiary/aromatic N) is 1. The van der Waals surface area contributed by atoms with Crippen LogP contribution in [0.4, 0.5) is 0 Å². The van der Waals surface area contributed by atoms with Crippen LogP contribution in [0.5, 0.6) is 0 Å². The molecule has 0 aliphatic carbocycles. The predicted octanol–water partition coefficient (Wildman–Crippen LogP) is 4.79. The average Bonchev–Trinajstić information content (AvgIpc) is 2.71. The highest BCUT2D eigenvalue weighted by atomic mass is 35.5. The number of hydrogen-bond donors (Lipinski definition) is 1. The Morgan fingerprint density at radius 1 is 0.893 bits per heavy atom. The van der Waals surface area contributed by atoms with Gasteiger partial charge in [-0.1, -0.05) is 84.4 Å². The Labute approximate surface area is 171 Å². The molecule has 1 saturated heterocycles. The quantitative estimate of drug-likeness (QED) is 0.656. The van der Waals surface area contributed by atoms with E-state index in [1.165, 1.54) is 11.1 Å². The summed E-state index contributed by atoms with van der Waals surface area (Å²) in [6.45, 7) is 2.57. The zero-order valence-electron chi connectivity index (χ0n) is 15.6. The number of nitrogens with one attached hydrogen (secondary N) is 1. The van der Waals surface area contributed by atoms with E-state index < -0.39 is 0 Å². The average molecular weight is 391 g/mol. The highest BCUT2D eigenvalue weighted by molar-refractivity contribution is 6.33. The van der Waals surface area contributed by atoms with Crippen LogP contribution in [0.3, 0.4) is 0 Å². The van der Waals surface area contributed by atoms with Crippen molar-refractivity contribution in [2.45, 2.75) is 6.04 Å². The number of likely N-dealkylation sites (tertiary alicyclic amines) is 1. The lowest BCUT2D eigenvalue weighted by atomic mass is 9.90. The van der Waals surface area contributed by atoms with Gasteiger partial charge in [-0.3, -0.25) is 9.69 Å². The second kappa shape index (κ2) is 8.59. The van der Waals surface area contributed by atoms with E-state index in [0.717, 1.165) is 13.1 Å². The van der Waals surface area contributed by atoms with Crippen LogP contribution in [-0.2, 0) is 0 Å². The van der Waals surface area contributed by atoms with Gasteiger partial charge in [0.25, 0.3) is 5.91 Å². The molecule has 0 unspecified atom stereocenters. The molecule has 0 bridgehead atoms. The van der Waals surface area contributed by atoms with E-state index >= 15 is 0 Å². The predicted molar refractivity (Wildman–Crippen MR) is 114 cm³/mol. The number of carbonyl (C=O) groups is 1. The minimum atomic E-state index is -0.105. The molecule has 4 heteroatoms. The van der Waals surface area contributed by atoms with Crippen molar-refractivity contribution in [3.63, 3.8) is 0 Å². The summed E-state index contributed by atoms with van der Waals surface area (Å²) in [7, 11) is 0. The van der Waals surface area contributed by atoms with Crippen LogP contribution in [0.1, 0.15) is 27.5 Å². The van der Waals surface area contributed by atoms with Crippen LogP contribution >= 0.6 is 11.6 Å². The Balaban J connectivity index is 1.39. The topological polar surface area (TPSA) is 32.3 Å². The maximum absolute atomic E-state index is 12.4. The first-order chi connectivity index (χ1) is 13.7. The van der Waals surface area contributed by atoms with Gasteiger partial charge in [0.1, 0.15) is 0 Å². The number of hydrogen-bond acceptors (Lipinski definition) is 2.